The van der Waals surface area contributed by atoms with Crippen LogP contribution in [0.2, 0.25) is 0 Å². The van der Waals surface area contributed by atoms with Gasteiger partial charge in [-0.05, 0) is 25.5 Å². The first-order valence-corrected chi connectivity index (χ1v) is 4.70. The Hall–Kier alpha value is -1.51. The van der Waals surface area contributed by atoms with Crippen LogP contribution >= 0.6 is 0 Å². The molecule has 1 aromatic heterocycles. The molecule has 0 amide bonds. The Morgan fingerprint density at radius 2 is 2.07 bits per heavy atom. The maximum absolute atomic E-state index is 5.57. The van der Waals surface area contributed by atoms with Crippen molar-refractivity contribution in [3.63, 3.8) is 0 Å². The van der Waals surface area contributed by atoms with Crippen LogP contribution in [0.15, 0.2) is 17.2 Å². The predicted molar refractivity (Wildman–Crippen MR) is 61.7 cm³/mol. The summed E-state index contributed by atoms with van der Waals surface area (Å²) in [5.74, 6) is 1.07. The molecular formula is C11H18N2O. The molecule has 0 bridgehead atoms. The molecule has 0 aromatic carbocycles. The number of hydrogen-bond donors (Lipinski definition) is 1. The minimum Gasteiger partial charge on any atom is -0.380 e. The highest BCUT2D eigenvalue weighted by atomic mass is 16.5. The van der Waals surface area contributed by atoms with Gasteiger partial charge in [0.05, 0.1) is 5.56 Å². The fraction of sp³-hybridized carbons (Fsp3) is 0.364. The number of nitrogens with zero attached hydrogens (tertiary/aromatic N) is 1. The molecule has 0 aliphatic rings. The zero-order valence-corrected chi connectivity index (χ0v) is 9.29. The van der Waals surface area contributed by atoms with E-state index >= 15 is 0 Å². The lowest BCUT2D eigenvalue weighted by Crippen LogP contribution is -1.89. The van der Waals surface area contributed by atoms with Crippen molar-refractivity contribution in [2.24, 2.45) is 0 Å². The second-order valence-electron chi connectivity index (χ2n) is 2.59. The first kappa shape index (κ1) is 12.5. The number of anilines is 1. The van der Waals surface area contributed by atoms with Crippen molar-refractivity contribution < 1.29 is 4.52 Å². The van der Waals surface area contributed by atoms with Crippen molar-refractivity contribution in [3.8, 4) is 0 Å². The van der Waals surface area contributed by atoms with Crippen molar-refractivity contribution in [3.05, 3.63) is 24.0 Å². The summed E-state index contributed by atoms with van der Waals surface area (Å²) in [6.45, 7) is 11.6. The van der Waals surface area contributed by atoms with Crippen molar-refractivity contribution in [2.45, 2.75) is 27.7 Å². The summed E-state index contributed by atoms with van der Waals surface area (Å²) in [5, 5.41) is 3.65. The molecular weight excluding hydrogens is 176 g/mol. The van der Waals surface area contributed by atoms with E-state index in [0.29, 0.717) is 11.6 Å². The van der Waals surface area contributed by atoms with Gasteiger partial charge < -0.3 is 10.3 Å². The minimum atomic E-state index is 0.399. The Bertz CT molecular complexity index is 324. The molecule has 1 rings (SSSR count). The van der Waals surface area contributed by atoms with Crippen LogP contribution in [0, 0.1) is 0 Å². The third kappa shape index (κ3) is 2.76. The van der Waals surface area contributed by atoms with Gasteiger partial charge in [-0.3, -0.25) is 0 Å². The highest BCUT2D eigenvalue weighted by molar-refractivity contribution is 5.76. The van der Waals surface area contributed by atoms with Crippen molar-refractivity contribution in [1.29, 1.82) is 0 Å². The van der Waals surface area contributed by atoms with Crippen molar-refractivity contribution in [2.75, 3.05) is 5.73 Å². The normalized spacial score (nSPS) is 9.71. The average Bonchev–Trinajstić information content (AvgIpc) is 2.51. The molecule has 0 saturated heterocycles. The molecule has 0 aliphatic heterocycles. The van der Waals surface area contributed by atoms with Gasteiger partial charge in [0.15, 0.2) is 11.6 Å². The lowest BCUT2D eigenvalue weighted by atomic mass is 10.1. The first-order valence-electron chi connectivity index (χ1n) is 4.70. The fourth-order valence-corrected chi connectivity index (χ4v) is 1.01. The number of nitrogen functional groups attached to an aromatic ring is 1. The maximum Gasteiger partial charge on any atom is 0.175 e. The standard InChI is InChI=1S/C9H12N2O.C2H6/c1-4-5-7-8(6(2)3)9(10)11-12-7;1-2/h4-5H,2H2,1,3H3,(H2,10,11);1-2H3/b5-4-;. The number of rotatable bonds is 2. The molecule has 0 aliphatic carbocycles. The quantitative estimate of drug-likeness (QED) is 0.785. The minimum absolute atomic E-state index is 0.399. The SMILES string of the molecule is C=C(C)c1c(N)noc1/C=C\C.CC. The Kier molecular flexibility index (Phi) is 5.37. The second kappa shape index (κ2) is 6.02. The summed E-state index contributed by atoms with van der Waals surface area (Å²) in [4.78, 5) is 0. The molecule has 3 heteroatoms. The van der Waals surface area contributed by atoms with Crippen LogP contribution in [0.25, 0.3) is 11.6 Å². The fourth-order valence-electron chi connectivity index (χ4n) is 1.01. The lowest BCUT2D eigenvalue weighted by Gasteiger charge is -1.94. The zero-order chi connectivity index (χ0) is 11.1. The third-order valence-corrected chi connectivity index (χ3v) is 1.49. The van der Waals surface area contributed by atoms with E-state index < -0.39 is 0 Å². The summed E-state index contributed by atoms with van der Waals surface area (Å²) in [7, 11) is 0. The van der Waals surface area contributed by atoms with Crippen molar-refractivity contribution >= 4 is 17.5 Å². The Balaban J connectivity index is 0.000000791. The molecule has 78 valence electrons. The molecule has 0 atom stereocenters. The van der Waals surface area contributed by atoms with Gasteiger partial charge in [0.2, 0.25) is 0 Å². The zero-order valence-electron chi connectivity index (χ0n) is 9.29. The van der Waals surface area contributed by atoms with Gasteiger partial charge in [0.1, 0.15) is 0 Å². The highest BCUT2D eigenvalue weighted by Crippen LogP contribution is 2.24. The average molecular weight is 194 g/mol. The van der Waals surface area contributed by atoms with Crippen LogP contribution in [-0.2, 0) is 0 Å². The molecule has 0 spiro atoms. The number of allylic oxidation sites excluding steroid dienone is 2. The van der Waals surface area contributed by atoms with Gasteiger partial charge in [-0.1, -0.05) is 31.7 Å². The van der Waals surface area contributed by atoms with Crippen LogP contribution in [0.5, 0.6) is 0 Å². The highest BCUT2D eigenvalue weighted by Gasteiger charge is 2.10. The molecule has 0 unspecified atom stereocenters. The molecule has 1 aromatic rings. The maximum atomic E-state index is 5.57. The molecule has 14 heavy (non-hydrogen) atoms. The van der Waals surface area contributed by atoms with Gasteiger partial charge in [0.25, 0.3) is 0 Å². The van der Waals surface area contributed by atoms with Crippen LogP contribution in [0.4, 0.5) is 5.82 Å². The van der Waals surface area contributed by atoms with Gasteiger partial charge >= 0.3 is 0 Å². The molecule has 0 saturated carbocycles. The van der Waals surface area contributed by atoms with E-state index in [1.807, 2.05) is 39.8 Å². The van der Waals surface area contributed by atoms with Crippen LogP contribution < -0.4 is 5.73 Å². The number of aromatic nitrogens is 1. The monoisotopic (exact) mass is 194 g/mol. The van der Waals surface area contributed by atoms with E-state index in [-0.39, 0.29) is 0 Å². The molecule has 0 fully saturated rings. The van der Waals surface area contributed by atoms with Crippen molar-refractivity contribution in [1.82, 2.24) is 5.16 Å². The van der Waals surface area contributed by atoms with E-state index in [0.717, 1.165) is 11.1 Å². The van der Waals surface area contributed by atoms with E-state index in [9.17, 15) is 0 Å². The topological polar surface area (TPSA) is 52.0 Å². The van der Waals surface area contributed by atoms with Gasteiger partial charge in [-0.25, -0.2) is 0 Å². The smallest absolute Gasteiger partial charge is 0.175 e. The summed E-state index contributed by atoms with van der Waals surface area (Å²) in [6.07, 6.45) is 3.68. The third-order valence-electron chi connectivity index (χ3n) is 1.49. The first-order chi connectivity index (χ1) is 6.66. The summed E-state index contributed by atoms with van der Waals surface area (Å²) in [6, 6.07) is 0. The van der Waals surface area contributed by atoms with Gasteiger partial charge in [-0.15, -0.1) is 0 Å². The van der Waals surface area contributed by atoms with E-state index in [1.165, 1.54) is 0 Å². The number of hydrogen-bond acceptors (Lipinski definition) is 3. The summed E-state index contributed by atoms with van der Waals surface area (Å²) in [5.41, 5.74) is 7.23. The molecule has 1 heterocycles. The Labute approximate surface area is 85.3 Å². The second-order valence-corrected chi connectivity index (χ2v) is 2.59. The van der Waals surface area contributed by atoms with Crippen LogP contribution in [0.1, 0.15) is 39.0 Å². The predicted octanol–water partition coefficient (Wildman–Crippen LogP) is 3.35. The Morgan fingerprint density at radius 1 is 1.50 bits per heavy atom. The van der Waals surface area contributed by atoms with Gasteiger partial charge in [-0.2, -0.15) is 0 Å². The molecule has 3 nitrogen and oxygen atoms in total. The van der Waals surface area contributed by atoms with Gasteiger partial charge in [0, 0.05) is 0 Å². The van der Waals surface area contributed by atoms with E-state index in [4.69, 9.17) is 10.3 Å². The van der Waals surface area contributed by atoms with Crippen LogP contribution in [0.3, 0.4) is 0 Å². The molecule has 0 radical (unpaired) electrons. The van der Waals surface area contributed by atoms with E-state index in [2.05, 4.69) is 11.7 Å². The Morgan fingerprint density at radius 3 is 2.50 bits per heavy atom. The largest absolute Gasteiger partial charge is 0.380 e. The number of nitrogens with two attached hydrogens (primary N) is 1. The van der Waals surface area contributed by atoms with E-state index in [1.54, 1.807) is 0 Å². The molecule has 2 N–H and O–H groups in total. The summed E-state index contributed by atoms with van der Waals surface area (Å²) >= 11 is 0. The van der Waals surface area contributed by atoms with Crippen LogP contribution in [-0.4, -0.2) is 5.16 Å². The summed E-state index contributed by atoms with van der Waals surface area (Å²) < 4.78 is 4.97. The lowest BCUT2D eigenvalue weighted by molar-refractivity contribution is 0.415.